The molecule has 0 aliphatic carbocycles. The Hall–Kier alpha value is -3.42. The molecule has 8 nitrogen and oxygen atoms in total. The zero-order valence-corrected chi connectivity index (χ0v) is 17.9. The highest BCUT2D eigenvalue weighted by molar-refractivity contribution is 5.87. The van der Waals surface area contributed by atoms with Crippen molar-refractivity contribution < 1.29 is 28.5 Å². The summed E-state index contributed by atoms with van der Waals surface area (Å²) in [7, 11) is 6.19. The lowest BCUT2D eigenvalue weighted by Crippen LogP contribution is -2.48. The molecule has 30 heavy (non-hydrogen) atoms. The number of hydrogen-bond donors (Lipinski definition) is 1. The third-order valence-corrected chi connectivity index (χ3v) is 4.61. The Balaban J connectivity index is 2.16. The third kappa shape index (κ3) is 6.04. The summed E-state index contributed by atoms with van der Waals surface area (Å²) in [6.45, 7) is 1.69. The van der Waals surface area contributed by atoms with Gasteiger partial charge in [-0.15, -0.1) is 0 Å². The highest BCUT2D eigenvalue weighted by atomic mass is 16.5. The summed E-state index contributed by atoms with van der Waals surface area (Å²) in [5.74, 6) is 1.64. The fourth-order valence-corrected chi connectivity index (χ4v) is 2.81. The van der Waals surface area contributed by atoms with Crippen LogP contribution in [0.1, 0.15) is 12.5 Å². The molecule has 0 aliphatic rings. The van der Waals surface area contributed by atoms with Gasteiger partial charge in [-0.25, -0.2) is 0 Å². The molecular formula is C22H28N2O6. The molecule has 1 unspecified atom stereocenters. The van der Waals surface area contributed by atoms with E-state index in [9.17, 15) is 9.59 Å². The van der Waals surface area contributed by atoms with Crippen LogP contribution >= 0.6 is 0 Å². The first kappa shape index (κ1) is 22.9. The van der Waals surface area contributed by atoms with Crippen LogP contribution in [0.2, 0.25) is 0 Å². The Morgan fingerprint density at radius 3 is 1.93 bits per heavy atom. The van der Waals surface area contributed by atoms with Crippen molar-refractivity contribution in [3.05, 3.63) is 48.0 Å². The molecule has 8 heteroatoms. The van der Waals surface area contributed by atoms with Gasteiger partial charge >= 0.3 is 0 Å². The van der Waals surface area contributed by atoms with Crippen LogP contribution in [-0.2, 0) is 16.1 Å². The largest absolute Gasteiger partial charge is 0.497 e. The molecule has 0 aliphatic heterocycles. The Bertz CT molecular complexity index is 831. The maximum absolute atomic E-state index is 12.9. The Morgan fingerprint density at radius 1 is 0.900 bits per heavy atom. The molecular weight excluding hydrogens is 388 g/mol. The van der Waals surface area contributed by atoms with Gasteiger partial charge in [0.1, 0.15) is 29.0 Å². The molecule has 0 heterocycles. The maximum atomic E-state index is 12.9. The van der Waals surface area contributed by atoms with E-state index in [4.69, 9.17) is 18.9 Å². The first-order valence-electron chi connectivity index (χ1n) is 9.41. The van der Waals surface area contributed by atoms with E-state index in [0.717, 1.165) is 5.56 Å². The van der Waals surface area contributed by atoms with Gasteiger partial charge < -0.3 is 29.2 Å². The monoisotopic (exact) mass is 416 g/mol. The normalized spacial score (nSPS) is 11.2. The lowest BCUT2D eigenvalue weighted by atomic mass is 10.1. The average Bonchev–Trinajstić information content (AvgIpc) is 2.79. The number of hydrogen-bond acceptors (Lipinski definition) is 6. The Labute approximate surface area is 176 Å². The molecule has 2 amide bonds. The number of benzene rings is 2. The van der Waals surface area contributed by atoms with Crippen molar-refractivity contribution in [2.45, 2.75) is 19.5 Å². The topological polar surface area (TPSA) is 86.3 Å². The first-order valence-corrected chi connectivity index (χ1v) is 9.41. The minimum Gasteiger partial charge on any atom is -0.497 e. The Kier molecular flexibility index (Phi) is 8.34. The van der Waals surface area contributed by atoms with Gasteiger partial charge in [-0.2, -0.15) is 0 Å². The van der Waals surface area contributed by atoms with Gasteiger partial charge in [-0.3, -0.25) is 9.59 Å². The highest BCUT2D eigenvalue weighted by Crippen LogP contribution is 2.27. The predicted octanol–water partition coefficient (Wildman–Crippen LogP) is 2.25. The van der Waals surface area contributed by atoms with Crippen LogP contribution in [-0.4, -0.2) is 57.7 Å². The second-order valence-electron chi connectivity index (χ2n) is 6.50. The summed E-state index contributed by atoms with van der Waals surface area (Å²) in [6, 6.07) is 11.7. The van der Waals surface area contributed by atoms with Gasteiger partial charge in [-0.05, 0) is 24.6 Å². The van der Waals surface area contributed by atoms with Gasteiger partial charge in [0.05, 0.1) is 21.3 Å². The quantitative estimate of drug-likeness (QED) is 0.639. The SMILES string of the molecule is CNC(=O)C(C)N(Cc1ccc(OC)cc1)C(=O)COc1cc(OC)cc(OC)c1. The van der Waals surface area contributed by atoms with Crippen LogP contribution in [0.15, 0.2) is 42.5 Å². The molecule has 162 valence electrons. The molecule has 0 aromatic heterocycles. The van der Waals surface area contributed by atoms with Gasteiger partial charge in [-0.1, -0.05) is 12.1 Å². The fourth-order valence-electron chi connectivity index (χ4n) is 2.81. The fraction of sp³-hybridized carbons (Fsp3) is 0.364. The number of nitrogens with zero attached hydrogens (tertiary/aromatic N) is 1. The van der Waals surface area contributed by atoms with Crippen molar-refractivity contribution in [1.29, 1.82) is 0 Å². The average molecular weight is 416 g/mol. The summed E-state index contributed by atoms with van der Waals surface area (Å²) in [6.07, 6.45) is 0. The third-order valence-electron chi connectivity index (χ3n) is 4.61. The Morgan fingerprint density at radius 2 is 1.43 bits per heavy atom. The van der Waals surface area contributed by atoms with E-state index in [1.54, 1.807) is 32.2 Å². The zero-order chi connectivity index (χ0) is 22.1. The number of methoxy groups -OCH3 is 3. The summed E-state index contributed by atoms with van der Waals surface area (Å²) in [4.78, 5) is 26.6. The lowest BCUT2D eigenvalue weighted by Gasteiger charge is -2.28. The minimum absolute atomic E-state index is 0.242. The van der Waals surface area contributed by atoms with E-state index >= 15 is 0 Å². The van der Waals surface area contributed by atoms with Gasteiger partial charge in [0.15, 0.2) is 6.61 Å². The molecule has 0 spiro atoms. The molecule has 1 N–H and O–H groups in total. The molecule has 0 saturated heterocycles. The van der Waals surface area contributed by atoms with Crippen molar-refractivity contribution >= 4 is 11.8 Å². The van der Waals surface area contributed by atoms with Crippen molar-refractivity contribution in [3.63, 3.8) is 0 Å². The van der Waals surface area contributed by atoms with E-state index in [1.165, 1.54) is 26.2 Å². The van der Waals surface area contributed by atoms with E-state index < -0.39 is 6.04 Å². The molecule has 0 bridgehead atoms. The summed E-state index contributed by atoms with van der Waals surface area (Å²) in [5, 5.41) is 2.58. The van der Waals surface area contributed by atoms with Gasteiger partial charge in [0, 0.05) is 31.8 Å². The second-order valence-corrected chi connectivity index (χ2v) is 6.50. The van der Waals surface area contributed by atoms with Crippen LogP contribution in [0.25, 0.3) is 0 Å². The van der Waals surface area contributed by atoms with E-state index in [2.05, 4.69) is 5.32 Å². The van der Waals surface area contributed by atoms with Crippen LogP contribution in [0, 0.1) is 0 Å². The molecule has 0 radical (unpaired) electrons. The molecule has 0 saturated carbocycles. The number of ether oxygens (including phenoxy) is 4. The number of likely N-dealkylation sites (N-methyl/N-ethyl adjacent to an activating group) is 1. The second kappa shape index (κ2) is 10.9. The zero-order valence-electron chi connectivity index (χ0n) is 17.9. The van der Waals surface area contributed by atoms with E-state index in [0.29, 0.717) is 23.0 Å². The van der Waals surface area contributed by atoms with Gasteiger partial charge in [0.2, 0.25) is 5.91 Å². The number of carbonyl (C=O) groups excluding carboxylic acids is 2. The lowest BCUT2D eigenvalue weighted by molar-refractivity contribution is -0.142. The van der Waals surface area contributed by atoms with Crippen molar-refractivity contribution in [3.8, 4) is 23.0 Å². The van der Waals surface area contributed by atoms with Gasteiger partial charge in [0.25, 0.3) is 5.91 Å². The maximum Gasteiger partial charge on any atom is 0.261 e. The van der Waals surface area contributed by atoms with E-state index in [-0.39, 0.29) is 25.0 Å². The number of nitrogens with one attached hydrogen (secondary N) is 1. The molecule has 1 atom stereocenters. The molecule has 2 rings (SSSR count). The van der Waals surface area contributed by atoms with Crippen molar-refractivity contribution in [2.24, 2.45) is 0 Å². The smallest absolute Gasteiger partial charge is 0.261 e. The molecule has 2 aromatic carbocycles. The van der Waals surface area contributed by atoms with E-state index in [1.807, 2.05) is 24.3 Å². The highest BCUT2D eigenvalue weighted by Gasteiger charge is 2.26. The van der Waals surface area contributed by atoms with Crippen molar-refractivity contribution in [2.75, 3.05) is 35.0 Å². The number of amides is 2. The summed E-state index contributed by atoms with van der Waals surface area (Å²) >= 11 is 0. The standard InChI is InChI=1S/C22H28N2O6/c1-15(22(26)23-2)24(13-16-6-8-17(27-3)9-7-16)21(25)14-30-20-11-18(28-4)10-19(12-20)29-5/h6-12,15H,13-14H2,1-5H3,(H,23,26). The van der Waals surface area contributed by atoms with Crippen molar-refractivity contribution in [1.82, 2.24) is 10.2 Å². The van der Waals surface area contributed by atoms with Crippen LogP contribution < -0.4 is 24.3 Å². The molecule has 2 aromatic rings. The number of rotatable bonds is 10. The van der Waals surface area contributed by atoms with Crippen LogP contribution in [0.4, 0.5) is 0 Å². The van der Waals surface area contributed by atoms with Crippen LogP contribution in [0.3, 0.4) is 0 Å². The summed E-state index contributed by atoms with van der Waals surface area (Å²) in [5.41, 5.74) is 0.864. The predicted molar refractivity (Wildman–Crippen MR) is 112 cm³/mol. The molecule has 0 fully saturated rings. The van der Waals surface area contributed by atoms with Crippen LogP contribution in [0.5, 0.6) is 23.0 Å². The minimum atomic E-state index is -0.673. The first-order chi connectivity index (χ1) is 14.4. The number of carbonyl (C=O) groups is 2. The summed E-state index contributed by atoms with van der Waals surface area (Å²) < 4.78 is 21.3.